The van der Waals surface area contributed by atoms with Crippen LogP contribution in [0.25, 0.3) is 0 Å². The highest BCUT2D eigenvalue weighted by molar-refractivity contribution is 7.15. The lowest BCUT2D eigenvalue weighted by Crippen LogP contribution is -2.08. The molecule has 6 nitrogen and oxygen atoms in total. The molecule has 0 saturated heterocycles. The van der Waals surface area contributed by atoms with Crippen LogP contribution in [-0.4, -0.2) is 25.8 Å². The number of nitrogens with one attached hydrogen (secondary N) is 1. The van der Waals surface area contributed by atoms with Gasteiger partial charge in [0.15, 0.2) is 5.13 Å². The highest BCUT2D eigenvalue weighted by Gasteiger charge is 2.32. The van der Waals surface area contributed by atoms with Crippen molar-refractivity contribution >= 4 is 28.3 Å². The summed E-state index contributed by atoms with van der Waals surface area (Å²) in [5, 5.41) is 17.0. The van der Waals surface area contributed by atoms with Crippen LogP contribution in [0.15, 0.2) is 12.3 Å². The predicted molar refractivity (Wildman–Crippen MR) is 67.3 cm³/mol. The minimum Gasteiger partial charge on any atom is -0.481 e. The number of thiazole rings is 1. The number of nitrogens with zero attached hydrogens (tertiary/aromatic N) is 3. The predicted octanol–water partition coefficient (Wildman–Crippen LogP) is 1.73. The van der Waals surface area contributed by atoms with Crippen molar-refractivity contribution in [2.24, 2.45) is 7.05 Å². The van der Waals surface area contributed by atoms with Crippen LogP contribution in [0, 0.1) is 0 Å². The minimum absolute atomic E-state index is 0.446. The Balaban J connectivity index is 1.87. The summed E-state index contributed by atoms with van der Waals surface area (Å²) in [5.41, 5.74) is 0.720. The Kier molecular flexibility index (Phi) is 2.55. The molecule has 0 spiro atoms. The third-order valence-corrected chi connectivity index (χ3v) is 4.12. The number of carboxylic acid groups (broad SMARTS) is 1. The molecule has 0 amide bonds. The van der Waals surface area contributed by atoms with Crippen LogP contribution in [0.3, 0.4) is 0 Å². The molecule has 0 bridgehead atoms. The van der Waals surface area contributed by atoms with Crippen molar-refractivity contribution in [3.63, 3.8) is 0 Å². The Labute approximate surface area is 107 Å². The smallest absolute Gasteiger partial charge is 0.312 e. The van der Waals surface area contributed by atoms with Gasteiger partial charge in [-0.2, -0.15) is 5.10 Å². The van der Waals surface area contributed by atoms with Crippen molar-refractivity contribution < 1.29 is 9.90 Å². The summed E-state index contributed by atoms with van der Waals surface area (Å²) >= 11 is 1.52. The highest BCUT2D eigenvalue weighted by atomic mass is 32.1. The van der Waals surface area contributed by atoms with E-state index >= 15 is 0 Å². The second-order valence-corrected chi connectivity index (χ2v) is 5.31. The molecular weight excluding hydrogens is 252 g/mol. The zero-order chi connectivity index (χ0) is 12.7. The van der Waals surface area contributed by atoms with E-state index in [1.165, 1.54) is 11.3 Å². The summed E-state index contributed by atoms with van der Waals surface area (Å²) in [7, 11) is 1.84. The summed E-state index contributed by atoms with van der Waals surface area (Å²) < 4.78 is 1.71. The van der Waals surface area contributed by atoms with Crippen LogP contribution < -0.4 is 5.32 Å². The third-order valence-electron chi connectivity index (χ3n) is 3.07. The first-order valence-electron chi connectivity index (χ1n) is 5.62. The first-order chi connectivity index (χ1) is 8.65. The van der Waals surface area contributed by atoms with Crippen LogP contribution in [0.1, 0.15) is 22.9 Å². The van der Waals surface area contributed by atoms with Gasteiger partial charge in [0.05, 0.1) is 11.9 Å². The molecule has 0 saturated carbocycles. The maximum Gasteiger partial charge on any atom is 0.312 e. The first-order valence-corrected chi connectivity index (χ1v) is 6.44. The van der Waals surface area contributed by atoms with Gasteiger partial charge in [-0.1, -0.05) is 0 Å². The fourth-order valence-electron chi connectivity index (χ4n) is 2.13. The number of carboxylic acids is 1. The topological polar surface area (TPSA) is 80.0 Å². The highest BCUT2D eigenvalue weighted by Crippen LogP contribution is 2.39. The quantitative estimate of drug-likeness (QED) is 0.882. The summed E-state index contributed by atoms with van der Waals surface area (Å²) in [6.45, 7) is 0. The molecule has 1 aliphatic carbocycles. The van der Waals surface area contributed by atoms with Gasteiger partial charge in [0.1, 0.15) is 11.7 Å². The van der Waals surface area contributed by atoms with Crippen molar-refractivity contribution in [2.45, 2.75) is 18.8 Å². The Bertz CT molecular complexity index is 604. The summed E-state index contributed by atoms with van der Waals surface area (Å²) in [6.07, 6.45) is 3.16. The molecule has 18 heavy (non-hydrogen) atoms. The molecule has 2 aromatic heterocycles. The standard InChI is InChI=1S/C11H12N4O2S/c1-15-8(4-5-12-15)13-11-14-9-6(10(16)17)2-3-7(9)18-11/h4-6H,2-3H2,1H3,(H,13,14)(H,16,17). The lowest BCUT2D eigenvalue weighted by Gasteiger charge is -2.03. The molecule has 0 fully saturated rings. The van der Waals surface area contributed by atoms with Crippen molar-refractivity contribution in [3.05, 3.63) is 22.8 Å². The van der Waals surface area contributed by atoms with Crippen molar-refractivity contribution in [1.82, 2.24) is 14.8 Å². The van der Waals surface area contributed by atoms with E-state index in [0.29, 0.717) is 6.42 Å². The molecule has 7 heteroatoms. The Morgan fingerprint density at radius 1 is 1.67 bits per heavy atom. The molecule has 2 N–H and O–H groups in total. The van der Waals surface area contributed by atoms with Gasteiger partial charge in [0.2, 0.25) is 0 Å². The molecule has 0 radical (unpaired) electrons. The van der Waals surface area contributed by atoms with Gasteiger partial charge in [0.25, 0.3) is 0 Å². The van der Waals surface area contributed by atoms with Crippen molar-refractivity contribution in [1.29, 1.82) is 0 Å². The Morgan fingerprint density at radius 2 is 2.50 bits per heavy atom. The normalized spacial score (nSPS) is 17.7. The number of aryl methyl sites for hydroxylation is 2. The molecule has 1 atom stereocenters. The SMILES string of the molecule is Cn1nccc1Nc1nc2c(s1)CCC2C(=O)O. The average molecular weight is 264 g/mol. The van der Waals surface area contributed by atoms with E-state index in [2.05, 4.69) is 15.4 Å². The Hall–Kier alpha value is -1.89. The van der Waals surface area contributed by atoms with E-state index in [0.717, 1.165) is 27.9 Å². The second kappa shape index (κ2) is 4.09. The van der Waals surface area contributed by atoms with Crippen molar-refractivity contribution in [2.75, 3.05) is 5.32 Å². The number of carbonyl (C=O) groups is 1. The van der Waals surface area contributed by atoms with Crippen LogP contribution in [0.5, 0.6) is 0 Å². The number of hydrogen-bond acceptors (Lipinski definition) is 5. The third kappa shape index (κ3) is 1.76. The molecule has 1 unspecified atom stereocenters. The van der Waals surface area contributed by atoms with Crippen LogP contribution in [-0.2, 0) is 18.3 Å². The van der Waals surface area contributed by atoms with Gasteiger partial charge >= 0.3 is 5.97 Å². The lowest BCUT2D eigenvalue weighted by molar-refractivity contribution is -0.138. The summed E-state index contributed by atoms with van der Waals surface area (Å²) in [6, 6.07) is 1.85. The van der Waals surface area contributed by atoms with Gasteiger partial charge in [0, 0.05) is 18.0 Å². The van der Waals surface area contributed by atoms with Crippen LogP contribution in [0.2, 0.25) is 0 Å². The minimum atomic E-state index is -0.786. The maximum atomic E-state index is 11.1. The van der Waals surface area contributed by atoms with E-state index in [1.807, 2.05) is 13.1 Å². The van der Waals surface area contributed by atoms with Gasteiger partial charge < -0.3 is 10.4 Å². The van der Waals surface area contributed by atoms with Crippen LogP contribution >= 0.6 is 11.3 Å². The fourth-order valence-corrected chi connectivity index (χ4v) is 3.17. The average Bonchev–Trinajstić information content (AvgIpc) is 2.95. The number of rotatable bonds is 3. The van der Waals surface area contributed by atoms with E-state index < -0.39 is 11.9 Å². The second-order valence-electron chi connectivity index (χ2n) is 4.22. The summed E-state index contributed by atoms with van der Waals surface area (Å²) in [5.74, 6) is -0.390. The first kappa shape index (κ1) is 11.2. The molecule has 2 aromatic rings. The monoisotopic (exact) mass is 264 g/mol. The fraction of sp³-hybridized carbons (Fsp3) is 0.364. The van der Waals surface area contributed by atoms with Gasteiger partial charge in [-0.15, -0.1) is 11.3 Å². The Morgan fingerprint density at radius 3 is 3.17 bits per heavy atom. The lowest BCUT2D eigenvalue weighted by atomic mass is 10.1. The number of fused-ring (bicyclic) bond motifs is 1. The molecule has 2 heterocycles. The van der Waals surface area contributed by atoms with E-state index in [1.54, 1.807) is 10.9 Å². The molecular formula is C11H12N4O2S. The number of aliphatic carboxylic acids is 1. The largest absolute Gasteiger partial charge is 0.481 e. The van der Waals surface area contributed by atoms with Gasteiger partial charge in [-0.3, -0.25) is 9.48 Å². The number of hydrogen-bond donors (Lipinski definition) is 2. The van der Waals surface area contributed by atoms with Gasteiger partial charge in [-0.05, 0) is 12.8 Å². The van der Waals surface area contributed by atoms with E-state index in [-0.39, 0.29) is 0 Å². The van der Waals surface area contributed by atoms with Crippen molar-refractivity contribution in [3.8, 4) is 0 Å². The molecule has 1 aliphatic rings. The maximum absolute atomic E-state index is 11.1. The zero-order valence-electron chi connectivity index (χ0n) is 9.75. The molecule has 3 rings (SSSR count). The molecule has 0 aliphatic heterocycles. The number of anilines is 2. The molecule has 0 aromatic carbocycles. The van der Waals surface area contributed by atoms with Gasteiger partial charge in [-0.25, -0.2) is 4.98 Å². The zero-order valence-corrected chi connectivity index (χ0v) is 10.6. The van der Waals surface area contributed by atoms with Crippen LogP contribution in [0.4, 0.5) is 10.9 Å². The summed E-state index contributed by atoms with van der Waals surface area (Å²) in [4.78, 5) is 16.5. The van der Waals surface area contributed by atoms with E-state index in [9.17, 15) is 4.79 Å². The molecule has 94 valence electrons. The number of aromatic nitrogens is 3. The van der Waals surface area contributed by atoms with E-state index in [4.69, 9.17) is 5.11 Å².